The third-order valence-electron chi connectivity index (χ3n) is 2.00. The second-order valence-electron chi connectivity index (χ2n) is 3.48. The van der Waals surface area contributed by atoms with Crippen LogP contribution in [0.5, 0.6) is 0 Å². The lowest BCUT2D eigenvalue weighted by atomic mass is 10.1. The molecule has 0 aliphatic heterocycles. The predicted octanol–water partition coefficient (Wildman–Crippen LogP) is 2.23. The molecule has 1 rings (SSSR count). The predicted molar refractivity (Wildman–Crippen MR) is 53.8 cm³/mol. The van der Waals surface area contributed by atoms with Crippen molar-refractivity contribution in [1.82, 2.24) is 5.32 Å². The van der Waals surface area contributed by atoms with E-state index in [1.54, 1.807) is 0 Å². The van der Waals surface area contributed by atoms with E-state index in [0.717, 1.165) is 0 Å². The summed E-state index contributed by atoms with van der Waals surface area (Å²) in [6.07, 6.45) is -5.70. The maximum absolute atomic E-state index is 13.3. The van der Waals surface area contributed by atoms with Crippen molar-refractivity contribution in [1.29, 1.82) is 0 Å². The zero-order chi connectivity index (χ0) is 13.9. The number of nitrogens with two attached hydrogens (primary N) is 1. The molecule has 3 N–H and O–H groups in total. The molecular formula is C10H9F5N2O. The van der Waals surface area contributed by atoms with Crippen LogP contribution >= 0.6 is 0 Å². The molecule has 0 atom stereocenters. The van der Waals surface area contributed by atoms with E-state index >= 15 is 0 Å². The Hall–Kier alpha value is -1.86. The van der Waals surface area contributed by atoms with Crippen LogP contribution in [0.1, 0.15) is 16.8 Å². The number of rotatable bonds is 3. The topological polar surface area (TPSA) is 55.1 Å². The molecule has 1 aromatic rings. The molecule has 0 aliphatic rings. The van der Waals surface area contributed by atoms with Crippen LogP contribution in [0.15, 0.2) is 12.1 Å². The smallest absolute Gasteiger partial charge is 0.390 e. The van der Waals surface area contributed by atoms with Gasteiger partial charge >= 0.3 is 6.18 Å². The van der Waals surface area contributed by atoms with Gasteiger partial charge in [-0.3, -0.25) is 4.79 Å². The van der Waals surface area contributed by atoms with E-state index in [0.29, 0.717) is 12.1 Å². The number of halogens is 5. The second kappa shape index (κ2) is 5.19. The Morgan fingerprint density at radius 2 is 1.89 bits per heavy atom. The lowest BCUT2D eigenvalue weighted by Gasteiger charge is -2.09. The molecule has 0 aromatic heterocycles. The van der Waals surface area contributed by atoms with Crippen LogP contribution < -0.4 is 11.1 Å². The van der Waals surface area contributed by atoms with Crippen LogP contribution in [0.2, 0.25) is 0 Å². The highest BCUT2D eigenvalue weighted by molar-refractivity contribution is 5.95. The fraction of sp³-hybridized carbons (Fsp3) is 0.300. The average Bonchev–Trinajstić information content (AvgIpc) is 2.21. The molecule has 0 heterocycles. The lowest BCUT2D eigenvalue weighted by molar-refractivity contribution is -0.132. The van der Waals surface area contributed by atoms with Crippen molar-refractivity contribution in [2.24, 2.45) is 0 Å². The van der Waals surface area contributed by atoms with Gasteiger partial charge in [-0.15, -0.1) is 0 Å². The summed E-state index contributed by atoms with van der Waals surface area (Å²) < 4.78 is 61.6. The van der Waals surface area contributed by atoms with E-state index in [9.17, 15) is 26.7 Å². The first-order valence-electron chi connectivity index (χ1n) is 4.80. The van der Waals surface area contributed by atoms with E-state index < -0.39 is 47.9 Å². The molecule has 0 radical (unpaired) electrons. The molecule has 3 nitrogen and oxygen atoms in total. The fourth-order valence-corrected chi connectivity index (χ4v) is 1.19. The van der Waals surface area contributed by atoms with E-state index in [2.05, 4.69) is 0 Å². The summed E-state index contributed by atoms with van der Waals surface area (Å²) in [7, 11) is 0. The average molecular weight is 268 g/mol. The van der Waals surface area contributed by atoms with Gasteiger partial charge in [0, 0.05) is 6.54 Å². The monoisotopic (exact) mass is 268 g/mol. The van der Waals surface area contributed by atoms with E-state index in [1.807, 2.05) is 5.32 Å². The first-order chi connectivity index (χ1) is 8.20. The maximum Gasteiger partial charge on any atom is 0.390 e. The first kappa shape index (κ1) is 14.2. The van der Waals surface area contributed by atoms with Gasteiger partial charge in [-0.25, -0.2) is 8.78 Å². The minimum Gasteiger partial charge on any atom is -0.396 e. The van der Waals surface area contributed by atoms with Gasteiger partial charge in [0.2, 0.25) is 0 Å². The minimum absolute atomic E-state index is 0.564. The van der Waals surface area contributed by atoms with Gasteiger partial charge in [-0.05, 0) is 12.1 Å². The molecule has 0 bridgehead atoms. The van der Waals surface area contributed by atoms with Crippen molar-refractivity contribution >= 4 is 11.6 Å². The molecule has 100 valence electrons. The van der Waals surface area contributed by atoms with Crippen molar-refractivity contribution in [2.75, 3.05) is 12.3 Å². The number of hydrogen-bond acceptors (Lipinski definition) is 2. The summed E-state index contributed by atoms with van der Waals surface area (Å²) in [5, 5.41) is 1.83. The second-order valence-corrected chi connectivity index (χ2v) is 3.48. The van der Waals surface area contributed by atoms with Crippen molar-refractivity contribution < 1.29 is 26.7 Å². The number of alkyl halides is 3. The minimum atomic E-state index is -4.44. The fourth-order valence-electron chi connectivity index (χ4n) is 1.19. The summed E-state index contributed by atoms with van der Waals surface area (Å²) >= 11 is 0. The summed E-state index contributed by atoms with van der Waals surface area (Å²) in [6.45, 7) is -0.724. The molecule has 0 fully saturated rings. The summed E-state index contributed by atoms with van der Waals surface area (Å²) in [4.78, 5) is 11.3. The van der Waals surface area contributed by atoms with Gasteiger partial charge < -0.3 is 11.1 Å². The van der Waals surface area contributed by atoms with Crippen molar-refractivity contribution in [3.8, 4) is 0 Å². The molecule has 0 unspecified atom stereocenters. The lowest BCUT2D eigenvalue weighted by Crippen LogP contribution is -2.28. The first-order valence-corrected chi connectivity index (χ1v) is 4.80. The van der Waals surface area contributed by atoms with Crippen LogP contribution in [0.4, 0.5) is 27.6 Å². The number of anilines is 1. The summed E-state index contributed by atoms with van der Waals surface area (Å²) in [6, 6.07) is 1.23. The number of nitrogens with one attached hydrogen (secondary N) is 1. The Bertz CT molecular complexity index is 458. The number of hydrogen-bond donors (Lipinski definition) is 2. The zero-order valence-corrected chi connectivity index (χ0v) is 8.94. The SMILES string of the molecule is Nc1cc(F)cc(C(=O)NCCC(F)(F)F)c1F. The summed E-state index contributed by atoms with van der Waals surface area (Å²) in [5.74, 6) is -3.27. The molecule has 1 amide bonds. The van der Waals surface area contributed by atoms with Crippen molar-refractivity contribution in [2.45, 2.75) is 12.6 Å². The van der Waals surface area contributed by atoms with Crippen LogP contribution in [-0.4, -0.2) is 18.6 Å². The Kier molecular flexibility index (Phi) is 4.10. The standard InChI is InChI=1S/C10H9F5N2O/c11-5-3-6(8(12)7(16)4-5)9(18)17-2-1-10(13,14)15/h3-4H,1-2,16H2,(H,17,18). The van der Waals surface area contributed by atoms with Crippen molar-refractivity contribution in [3.05, 3.63) is 29.3 Å². The summed E-state index contributed by atoms with van der Waals surface area (Å²) in [5.41, 5.74) is 3.77. The van der Waals surface area contributed by atoms with Crippen LogP contribution in [0, 0.1) is 11.6 Å². The molecule has 8 heteroatoms. The molecule has 0 saturated carbocycles. The highest BCUT2D eigenvalue weighted by Crippen LogP contribution is 2.19. The van der Waals surface area contributed by atoms with E-state index in [-0.39, 0.29) is 0 Å². The number of amides is 1. The Balaban J connectivity index is 2.73. The molecule has 0 saturated heterocycles. The number of carbonyl (C=O) groups is 1. The van der Waals surface area contributed by atoms with Gasteiger partial charge in [0.25, 0.3) is 5.91 Å². The van der Waals surface area contributed by atoms with E-state index in [1.165, 1.54) is 0 Å². The third-order valence-corrected chi connectivity index (χ3v) is 2.00. The third kappa shape index (κ3) is 3.86. The zero-order valence-electron chi connectivity index (χ0n) is 8.94. The molecule has 18 heavy (non-hydrogen) atoms. The van der Waals surface area contributed by atoms with Crippen LogP contribution in [0.25, 0.3) is 0 Å². The van der Waals surface area contributed by atoms with Crippen LogP contribution in [-0.2, 0) is 0 Å². The van der Waals surface area contributed by atoms with Gasteiger partial charge in [-0.1, -0.05) is 0 Å². The Labute approximate surface area is 98.8 Å². The molecular weight excluding hydrogens is 259 g/mol. The Morgan fingerprint density at radius 3 is 2.44 bits per heavy atom. The van der Waals surface area contributed by atoms with Crippen molar-refractivity contribution in [3.63, 3.8) is 0 Å². The largest absolute Gasteiger partial charge is 0.396 e. The van der Waals surface area contributed by atoms with Gasteiger partial charge in [0.1, 0.15) is 5.82 Å². The number of benzene rings is 1. The Morgan fingerprint density at radius 1 is 1.28 bits per heavy atom. The highest BCUT2D eigenvalue weighted by atomic mass is 19.4. The molecule has 0 aliphatic carbocycles. The maximum atomic E-state index is 13.3. The molecule has 1 aromatic carbocycles. The van der Waals surface area contributed by atoms with Crippen LogP contribution in [0.3, 0.4) is 0 Å². The van der Waals surface area contributed by atoms with E-state index in [4.69, 9.17) is 5.73 Å². The van der Waals surface area contributed by atoms with Gasteiger partial charge in [-0.2, -0.15) is 13.2 Å². The quantitative estimate of drug-likeness (QED) is 0.652. The van der Waals surface area contributed by atoms with Gasteiger partial charge in [0.15, 0.2) is 5.82 Å². The highest BCUT2D eigenvalue weighted by Gasteiger charge is 2.27. The number of carbonyl (C=O) groups excluding carboxylic acids is 1. The van der Waals surface area contributed by atoms with Gasteiger partial charge in [0.05, 0.1) is 17.7 Å². The normalized spacial score (nSPS) is 11.4. The number of nitrogen functional groups attached to an aromatic ring is 1. The molecule has 0 spiro atoms.